The minimum Gasteiger partial charge on any atom is -0.224 e. The summed E-state index contributed by atoms with van der Waals surface area (Å²) < 4.78 is 1.68. The fraction of sp³-hybridized carbons (Fsp3) is 0. The molecule has 0 bridgehead atoms. The third-order valence-electron chi connectivity index (χ3n) is 2.37. The minimum atomic E-state index is 0.392. The molecule has 0 spiro atoms. The lowest BCUT2D eigenvalue weighted by Gasteiger charge is -2.02. The zero-order valence-corrected chi connectivity index (χ0v) is 10.0. The second kappa shape index (κ2) is 3.98. The van der Waals surface area contributed by atoms with Crippen LogP contribution < -0.4 is 0 Å². The Morgan fingerprint density at radius 3 is 2.82 bits per heavy atom. The Labute approximate surface area is 107 Å². The van der Waals surface area contributed by atoms with E-state index in [1.807, 2.05) is 18.2 Å². The molecule has 0 N–H and O–H groups in total. The summed E-state index contributed by atoms with van der Waals surface area (Å²) in [5, 5.41) is 5.99. The Kier molecular flexibility index (Phi) is 2.46. The maximum atomic E-state index is 5.96. The molecule has 0 saturated carbocycles. The van der Waals surface area contributed by atoms with Gasteiger partial charge in [0.2, 0.25) is 0 Å². The Morgan fingerprint density at radius 2 is 2.00 bits per heavy atom. The average Bonchev–Trinajstić information content (AvgIpc) is 2.74. The van der Waals surface area contributed by atoms with E-state index in [9.17, 15) is 0 Å². The van der Waals surface area contributed by atoms with Gasteiger partial charge in [-0.3, -0.25) is 0 Å². The summed E-state index contributed by atoms with van der Waals surface area (Å²) >= 11 is 11.9. The second-order valence-electron chi connectivity index (χ2n) is 3.44. The highest BCUT2D eigenvalue weighted by Gasteiger charge is 2.09. The molecule has 0 aliphatic carbocycles. The van der Waals surface area contributed by atoms with E-state index in [1.54, 1.807) is 16.9 Å². The van der Waals surface area contributed by atoms with Gasteiger partial charge in [0, 0.05) is 5.02 Å². The third-order valence-corrected chi connectivity index (χ3v) is 2.91. The number of rotatable bonds is 1. The summed E-state index contributed by atoms with van der Waals surface area (Å²) in [5.41, 5.74) is 1.49. The van der Waals surface area contributed by atoms with Crippen molar-refractivity contribution in [3.05, 3.63) is 47.0 Å². The Morgan fingerprint density at radius 1 is 1.12 bits per heavy atom. The summed E-state index contributed by atoms with van der Waals surface area (Å²) in [6.07, 6.45) is 3.05. The summed E-state index contributed by atoms with van der Waals surface area (Å²) in [7, 11) is 0. The second-order valence-corrected chi connectivity index (χ2v) is 4.23. The highest BCUT2D eigenvalue weighted by atomic mass is 35.5. The maximum Gasteiger partial charge on any atom is 0.167 e. The molecule has 84 valence electrons. The third kappa shape index (κ3) is 1.75. The molecular weight excluding hydrogens is 259 g/mol. The predicted octanol–water partition coefficient (Wildman–Crippen LogP) is 3.12. The first-order valence-corrected chi connectivity index (χ1v) is 5.61. The van der Waals surface area contributed by atoms with Crippen molar-refractivity contribution in [2.45, 2.75) is 0 Å². The Hall–Kier alpha value is -1.65. The van der Waals surface area contributed by atoms with Crippen molar-refractivity contribution < 1.29 is 0 Å². The van der Waals surface area contributed by atoms with Gasteiger partial charge in [0.15, 0.2) is 5.65 Å². The molecule has 0 radical (unpaired) electrons. The number of halogens is 2. The largest absolute Gasteiger partial charge is 0.224 e. The van der Waals surface area contributed by atoms with Crippen LogP contribution in [-0.4, -0.2) is 19.7 Å². The number of fused-ring (bicyclic) bond motifs is 1. The predicted molar refractivity (Wildman–Crippen MR) is 66.7 cm³/mol. The van der Waals surface area contributed by atoms with Crippen LogP contribution in [0.2, 0.25) is 10.2 Å². The normalized spacial score (nSPS) is 10.9. The molecular formula is C11H6Cl2N4. The van der Waals surface area contributed by atoms with Crippen molar-refractivity contribution >= 4 is 34.2 Å². The number of benzene rings is 1. The van der Waals surface area contributed by atoms with E-state index < -0.39 is 0 Å². The number of hydrogen-bond donors (Lipinski definition) is 0. The van der Waals surface area contributed by atoms with Crippen molar-refractivity contribution in [3.63, 3.8) is 0 Å². The molecule has 4 nitrogen and oxygen atoms in total. The Bertz CT molecular complexity index is 693. The van der Waals surface area contributed by atoms with Gasteiger partial charge in [-0.05, 0) is 18.2 Å². The average molecular weight is 265 g/mol. The van der Waals surface area contributed by atoms with Crippen LogP contribution in [0.1, 0.15) is 0 Å². The lowest BCUT2D eigenvalue weighted by molar-refractivity contribution is 0.895. The molecule has 0 aliphatic rings. The highest BCUT2D eigenvalue weighted by molar-refractivity contribution is 6.33. The van der Waals surface area contributed by atoms with E-state index in [1.165, 1.54) is 6.33 Å². The SMILES string of the molecule is Clc1cccc(-n2ncc3c(Cl)ncnc32)c1. The van der Waals surface area contributed by atoms with Crippen LogP contribution in [0.15, 0.2) is 36.8 Å². The molecule has 17 heavy (non-hydrogen) atoms. The van der Waals surface area contributed by atoms with E-state index >= 15 is 0 Å². The quantitative estimate of drug-likeness (QED) is 0.635. The molecule has 2 heterocycles. The van der Waals surface area contributed by atoms with E-state index in [-0.39, 0.29) is 0 Å². The zero-order chi connectivity index (χ0) is 11.8. The van der Waals surface area contributed by atoms with Gasteiger partial charge in [-0.15, -0.1) is 0 Å². The molecule has 0 unspecified atom stereocenters. The fourth-order valence-corrected chi connectivity index (χ4v) is 1.97. The first kappa shape index (κ1) is 10.5. The van der Waals surface area contributed by atoms with Gasteiger partial charge in [0.25, 0.3) is 0 Å². The number of aromatic nitrogens is 4. The van der Waals surface area contributed by atoms with Crippen molar-refractivity contribution in [3.8, 4) is 5.69 Å². The molecule has 6 heteroatoms. The summed E-state index contributed by atoms with van der Waals surface area (Å²) in [4.78, 5) is 8.08. The van der Waals surface area contributed by atoms with Gasteiger partial charge in [-0.2, -0.15) is 5.10 Å². The van der Waals surface area contributed by atoms with Gasteiger partial charge in [0.1, 0.15) is 11.5 Å². The van der Waals surface area contributed by atoms with Crippen LogP contribution in [0.3, 0.4) is 0 Å². The molecule has 0 aliphatic heterocycles. The van der Waals surface area contributed by atoms with Gasteiger partial charge in [-0.25, -0.2) is 14.6 Å². The van der Waals surface area contributed by atoms with Crippen molar-refractivity contribution in [1.82, 2.24) is 19.7 Å². The molecule has 0 amide bonds. The first-order valence-electron chi connectivity index (χ1n) is 4.86. The van der Waals surface area contributed by atoms with Crippen molar-refractivity contribution in [1.29, 1.82) is 0 Å². The summed E-state index contributed by atoms with van der Waals surface area (Å²) in [6, 6.07) is 7.37. The van der Waals surface area contributed by atoms with E-state index in [0.29, 0.717) is 21.2 Å². The minimum absolute atomic E-state index is 0.392. The van der Waals surface area contributed by atoms with E-state index in [0.717, 1.165) is 5.69 Å². The molecule has 3 rings (SSSR count). The molecule has 2 aromatic heterocycles. The molecule has 0 atom stereocenters. The molecule has 3 aromatic rings. The molecule has 0 fully saturated rings. The fourth-order valence-electron chi connectivity index (χ4n) is 1.61. The van der Waals surface area contributed by atoms with Crippen LogP contribution >= 0.6 is 23.2 Å². The van der Waals surface area contributed by atoms with Gasteiger partial charge >= 0.3 is 0 Å². The number of nitrogens with zero attached hydrogens (tertiary/aromatic N) is 4. The van der Waals surface area contributed by atoms with Crippen LogP contribution in [0.5, 0.6) is 0 Å². The number of hydrogen-bond acceptors (Lipinski definition) is 3. The van der Waals surface area contributed by atoms with E-state index in [4.69, 9.17) is 23.2 Å². The zero-order valence-electron chi connectivity index (χ0n) is 8.51. The Balaban J connectivity index is 2.28. The molecule has 1 aromatic carbocycles. The summed E-state index contributed by atoms with van der Waals surface area (Å²) in [6.45, 7) is 0. The molecule has 0 saturated heterocycles. The lowest BCUT2D eigenvalue weighted by Crippen LogP contribution is -1.97. The summed E-state index contributed by atoms with van der Waals surface area (Å²) in [5.74, 6) is 0. The van der Waals surface area contributed by atoms with Crippen LogP contribution in [0.4, 0.5) is 0 Å². The highest BCUT2D eigenvalue weighted by Crippen LogP contribution is 2.22. The topological polar surface area (TPSA) is 43.6 Å². The van der Waals surface area contributed by atoms with Crippen molar-refractivity contribution in [2.24, 2.45) is 0 Å². The van der Waals surface area contributed by atoms with Gasteiger partial charge in [0.05, 0.1) is 17.3 Å². The van der Waals surface area contributed by atoms with Crippen molar-refractivity contribution in [2.75, 3.05) is 0 Å². The monoisotopic (exact) mass is 264 g/mol. The van der Waals surface area contributed by atoms with Crippen LogP contribution in [-0.2, 0) is 0 Å². The van der Waals surface area contributed by atoms with Crippen LogP contribution in [0, 0.1) is 0 Å². The lowest BCUT2D eigenvalue weighted by atomic mass is 10.3. The van der Waals surface area contributed by atoms with Gasteiger partial charge < -0.3 is 0 Å². The smallest absolute Gasteiger partial charge is 0.167 e. The van der Waals surface area contributed by atoms with Gasteiger partial charge in [-0.1, -0.05) is 29.3 Å². The standard InChI is InChI=1S/C11H6Cl2N4/c12-7-2-1-3-8(4-7)17-11-9(5-16-17)10(13)14-6-15-11/h1-6H. The van der Waals surface area contributed by atoms with E-state index in [2.05, 4.69) is 15.1 Å². The maximum absolute atomic E-state index is 5.96. The first-order chi connectivity index (χ1) is 8.25. The van der Waals surface area contributed by atoms with Crippen LogP contribution in [0.25, 0.3) is 16.7 Å².